The molecule has 11 rings (SSSR count). The molecule has 0 aliphatic carbocycles. The molecule has 0 N–H and O–H groups in total. The minimum absolute atomic E-state index is 1.16. The van der Waals surface area contributed by atoms with Crippen molar-refractivity contribution in [3.63, 3.8) is 0 Å². The summed E-state index contributed by atoms with van der Waals surface area (Å²) in [4.78, 5) is 0. The van der Waals surface area contributed by atoms with Crippen molar-refractivity contribution in [1.29, 1.82) is 0 Å². The van der Waals surface area contributed by atoms with Gasteiger partial charge < -0.3 is 9.13 Å². The predicted octanol–water partition coefficient (Wildman–Crippen LogP) is 13.6. The van der Waals surface area contributed by atoms with Gasteiger partial charge in [-0.25, -0.2) is 0 Å². The van der Waals surface area contributed by atoms with Gasteiger partial charge in [0.25, 0.3) is 0 Å². The molecule has 8 aromatic carbocycles. The Morgan fingerprint density at radius 3 is 1.63 bits per heavy atom. The van der Waals surface area contributed by atoms with Gasteiger partial charge in [0.05, 0.1) is 22.1 Å². The van der Waals surface area contributed by atoms with E-state index in [0.717, 1.165) is 5.69 Å². The predicted molar refractivity (Wildman–Crippen MR) is 219 cm³/mol. The van der Waals surface area contributed by atoms with Crippen LogP contribution >= 0.6 is 11.3 Å². The van der Waals surface area contributed by atoms with Gasteiger partial charge in [0.1, 0.15) is 0 Å². The first-order valence-corrected chi connectivity index (χ1v) is 18.2. The van der Waals surface area contributed by atoms with Crippen LogP contribution in [0.4, 0.5) is 0 Å². The van der Waals surface area contributed by atoms with Crippen LogP contribution in [0.1, 0.15) is 0 Å². The number of para-hydroxylation sites is 3. The summed E-state index contributed by atoms with van der Waals surface area (Å²) in [5.74, 6) is 0. The molecule has 0 amide bonds. The largest absolute Gasteiger partial charge is 0.309 e. The molecule has 51 heavy (non-hydrogen) atoms. The maximum atomic E-state index is 2.44. The number of hydrogen-bond acceptors (Lipinski definition) is 1. The van der Waals surface area contributed by atoms with Crippen molar-refractivity contribution in [3.8, 4) is 33.6 Å². The monoisotopic (exact) mass is 666 g/mol. The normalized spacial score (nSPS) is 11.9. The van der Waals surface area contributed by atoms with E-state index in [0.29, 0.717) is 0 Å². The zero-order valence-electron chi connectivity index (χ0n) is 27.6. The molecule has 3 heteroatoms. The van der Waals surface area contributed by atoms with Crippen molar-refractivity contribution in [3.05, 3.63) is 182 Å². The molecule has 0 aliphatic rings. The Hall–Kier alpha value is -6.42. The molecule has 0 saturated heterocycles. The molecule has 0 saturated carbocycles. The number of thiophene rings is 1. The Balaban J connectivity index is 1.08. The fourth-order valence-electron chi connectivity index (χ4n) is 8.17. The third-order valence-electron chi connectivity index (χ3n) is 10.5. The van der Waals surface area contributed by atoms with E-state index in [1.807, 2.05) is 11.3 Å². The van der Waals surface area contributed by atoms with E-state index < -0.39 is 0 Å². The van der Waals surface area contributed by atoms with Crippen LogP contribution in [0.5, 0.6) is 0 Å². The van der Waals surface area contributed by atoms with Crippen molar-refractivity contribution in [2.75, 3.05) is 0 Å². The molecule has 2 nitrogen and oxygen atoms in total. The van der Waals surface area contributed by atoms with E-state index in [9.17, 15) is 0 Å². The molecule has 0 atom stereocenters. The lowest BCUT2D eigenvalue weighted by atomic mass is 10.0. The fourth-order valence-corrected chi connectivity index (χ4v) is 9.25. The number of nitrogens with zero attached hydrogens (tertiary/aromatic N) is 2. The molecule has 0 bridgehead atoms. The molecule has 3 heterocycles. The van der Waals surface area contributed by atoms with Crippen LogP contribution < -0.4 is 0 Å². The second-order valence-electron chi connectivity index (χ2n) is 13.4. The van der Waals surface area contributed by atoms with Gasteiger partial charge in [0, 0.05) is 53.1 Å². The average Bonchev–Trinajstić information content (AvgIpc) is 3.85. The summed E-state index contributed by atoms with van der Waals surface area (Å²) in [5, 5.41) is 7.69. The van der Waals surface area contributed by atoms with Gasteiger partial charge in [-0.15, -0.1) is 11.3 Å². The quantitative estimate of drug-likeness (QED) is 0.177. The lowest BCUT2D eigenvalue weighted by Crippen LogP contribution is -1.94. The Bertz CT molecular complexity index is 3140. The highest BCUT2D eigenvalue weighted by atomic mass is 32.1. The van der Waals surface area contributed by atoms with Crippen LogP contribution in [0.2, 0.25) is 0 Å². The second kappa shape index (κ2) is 11.0. The SMILES string of the molecule is c1ccc(-n2c3ccccc3c3cc(-c4ccc5c6ccccc6n(-c6cccc(-c7ccc8sc9ccccc9c8c7)c6)c5c4)ccc32)cc1. The molecule has 3 aromatic heterocycles. The van der Waals surface area contributed by atoms with Crippen LogP contribution in [0.25, 0.3) is 97.4 Å². The zero-order chi connectivity index (χ0) is 33.5. The van der Waals surface area contributed by atoms with Gasteiger partial charge in [-0.05, 0) is 95.1 Å². The van der Waals surface area contributed by atoms with Crippen LogP contribution in [0.15, 0.2) is 182 Å². The van der Waals surface area contributed by atoms with Gasteiger partial charge in [0.15, 0.2) is 0 Å². The van der Waals surface area contributed by atoms with Gasteiger partial charge in [-0.1, -0.05) is 109 Å². The average molecular weight is 667 g/mol. The Labute approximate surface area is 298 Å². The van der Waals surface area contributed by atoms with Crippen LogP contribution in [0, 0.1) is 0 Å². The first-order valence-electron chi connectivity index (χ1n) is 17.4. The molecule has 11 aromatic rings. The smallest absolute Gasteiger partial charge is 0.0547 e. The van der Waals surface area contributed by atoms with E-state index in [1.165, 1.54) is 91.7 Å². The lowest BCUT2D eigenvalue weighted by Gasteiger charge is -2.12. The summed E-state index contributed by atoms with van der Waals surface area (Å²) >= 11 is 1.86. The summed E-state index contributed by atoms with van der Waals surface area (Å²) in [6.07, 6.45) is 0. The van der Waals surface area contributed by atoms with Crippen molar-refractivity contribution >= 4 is 75.1 Å². The van der Waals surface area contributed by atoms with Gasteiger partial charge >= 0.3 is 0 Å². The van der Waals surface area contributed by atoms with Gasteiger partial charge in [-0.2, -0.15) is 0 Å². The second-order valence-corrected chi connectivity index (χ2v) is 14.4. The highest BCUT2D eigenvalue weighted by molar-refractivity contribution is 7.25. The van der Waals surface area contributed by atoms with Gasteiger partial charge in [-0.3, -0.25) is 0 Å². The highest BCUT2D eigenvalue weighted by Crippen LogP contribution is 2.40. The van der Waals surface area contributed by atoms with Gasteiger partial charge in [0.2, 0.25) is 0 Å². The minimum Gasteiger partial charge on any atom is -0.309 e. The van der Waals surface area contributed by atoms with E-state index >= 15 is 0 Å². The lowest BCUT2D eigenvalue weighted by molar-refractivity contribution is 1.18. The Kier molecular flexibility index (Phi) is 6.16. The summed E-state index contributed by atoms with van der Waals surface area (Å²) in [5.41, 5.74) is 12.0. The number of benzene rings is 8. The molecule has 0 unspecified atom stereocenters. The number of rotatable bonds is 4. The molecular formula is C48H30N2S. The minimum atomic E-state index is 1.16. The maximum absolute atomic E-state index is 2.44. The van der Waals surface area contributed by atoms with Crippen molar-refractivity contribution in [2.45, 2.75) is 0 Å². The molecule has 0 spiro atoms. The van der Waals surface area contributed by atoms with E-state index in [1.54, 1.807) is 0 Å². The number of hydrogen-bond donors (Lipinski definition) is 0. The molecule has 238 valence electrons. The third kappa shape index (κ3) is 4.35. The van der Waals surface area contributed by atoms with E-state index in [4.69, 9.17) is 0 Å². The fraction of sp³-hybridized carbons (Fsp3) is 0. The van der Waals surface area contributed by atoms with Crippen molar-refractivity contribution in [1.82, 2.24) is 9.13 Å². The molecule has 0 fully saturated rings. The first kappa shape index (κ1) is 28.4. The molecule has 0 aliphatic heterocycles. The molecular weight excluding hydrogens is 637 g/mol. The van der Waals surface area contributed by atoms with Crippen molar-refractivity contribution in [2.24, 2.45) is 0 Å². The zero-order valence-corrected chi connectivity index (χ0v) is 28.4. The summed E-state index contributed by atoms with van der Waals surface area (Å²) in [6.45, 7) is 0. The summed E-state index contributed by atoms with van der Waals surface area (Å²) in [6, 6.07) is 66.8. The number of aromatic nitrogens is 2. The Morgan fingerprint density at radius 1 is 0.275 bits per heavy atom. The summed E-state index contributed by atoms with van der Waals surface area (Å²) < 4.78 is 7.48. The molecule has 0 radical (unpaired) electrons. The van der Waals surface area contributed by atoms with Crippen molar-refractivity contribution < 1.29 is 0 Å². The third-order valence-corrected chi connectivity index (χ3v) is 11.7. The topological polar surface area (TPSA) is 9.86 Å². The maximum Gasteiger partial charge on any atom is 0.0547 e. The van der Waals surface area contributed by atoms with Crippen LogP contribution in [0.3, 0.4) is 0 Å². The standard InChI is InChI=1S/C48H30N2S/c1-2-12-35(13-3-1)49-44-19-8-5-16-38(44)41-28-32(22-25-45(41)49)34-21-24-39-37-15-4-7-18-43(37)50(46(39)30-34)36-14-10-11-31(27-36)33-23-26-48-42(29-33)40-17-6-9-20-47(40)51-48/h1-30H. The van der Waals surface area contributed by atoms with Crippen LogP contribution in [-0.2, 0) is 0 Å². The van der Waals surface area contributed by atoms with Crippen LogP contribution in [-0.4, -0.2) is 9.13 Å². The number of fused-ring (bicyclic) bond motifs is 9. The first-order chi connectivity index (χ1) is 25.3. The summed E-state index contributed by atoms with van der Waals surface area (Å²) in [7, 11) is 0. The van der Waals surface area contributed by atoms with E-state index in [-0.39, 0.29) is 0 Å². The Morgan fingerprint density at radius 2 is 0.804 bits per heavy atom. The highest BCUT2D eigenvalue weighted by Gasteiger charge is 2.16. The van der Waals surface area contributed by atoms with E-state index in [2.05, 4.69) is 191 Å².